The van der Waals surface area contributed by atoms with E-state index < -0.39 is 23.3 Å². The number of imide groups is 2. The Morgan fingerprint density at radius 1 is 0.676 bits per heavy atom. The maximum absolute atomic E-state index is 13.8. The molecule has 0 radical (unpaired) electrons. The van der Waals surface area contributed by atoms with Gasteiger partial charge in [-0.05, 0) is 35.6 Å². The van der Waals surface area contributed by atoms with Gasteiger partial charge in [-0.15, -0.1) is 10.1 Å². The van der Waals surface area contributed by atoms with Crippen molar-refractivity contribution in [3.63, 3.8) is 0 Å². The molecule has 0 aliphatic carbocycles. The molecule has 0 bridgehead atoms. The Labute approximate surface area is 198 Å². The largest absolute Gasteiger partial charge is 0.382 e. The molecule has 0 aromatic heterocycles. The first kappa shape index (κ1) is 23.4. The van der Waals surface area contributed by atoms with Crippen LogP contribution in [0.3, 0.4) is 0 Å². The minimum absolute atomic E-state index is 0.0212. The molecule has 0 unspecified atom stereocenters. The third-order valence-corrected chi connectivity index (χ3v) is 5.99. The lowest BCUT2D eigenvalue weighted by atomic mass is 9.73. The number of nitrogens with zero attached hydrogens (tertiary/aromatic N) is 2. The number of rotatable bonds is 8. The zero-order valence-corrected chi connectivity index (χ0v) is 19.1. The fourth-order valence-corrected chi connectivity index (χ4v) is 4.12. The van der Waals surface area contributed by atoms with Crippen molar-refractivity contribution in [1.29, 1.82) is 0 Å². The summed E-state index contributed by atoms with van der Waals surface area (Å²) in [5, 5.41) is 1.32. The summed E-state index contributed by atoms with van der Waals surface area (Å²) >= 11 is 0. The van der Waals surface area contributed by atoms with Gasteiger partial charge < -0.3 is 0 Å². The smallest absolute Gasteiger partial charge is 0.270 e. The van der Waals surface area contributed by atoms with Gasteiger partial charge in [0.25, 0.3) is 11.8 Å². The molecule has 7 heteroatoms. The zero-order valence-electron chi connectivity index (χ0n) is 19.1. The second-order valence-electron chi connectivity index (χ2n) is 8.07. The SMILES string of the molecule is CCC1(c2ccccc2C)C(=O)N(OCc2ccccc2)C(=O)N(OCc2ccccc2)C1=O. The quantitative estimate of drug-likeness (QED) is 0.458. The topological polar surface area (TPSA) is 76.2 Å². The van der Waals surface area contributed by atoms with Crippen LogP contribution in [0, 0.1) is 6.92 Å². The van der Waals surface area contributed by atoms with E-state index in [4.69, 9.17) is 9.68 Å². The monoisotopic (exact) mass is 458 g/mol. The first-order valence-corrected chi connectivity index (χ1v) is 11.1. The molecule has 3 aromatic rings. The van der Waals surface area contributed by atoms with Crippen molar-refractivity contribution < 1.29 is 24.1 Å². The third-order valence-electron chi connectivity index (χ3n) is 5.99. The van der Waals surface area contributed by atoms with Crippen molar-refractivity contribution in [3.8, 4) is 0 Å². The fraction of sp³-hybridized carbons (Fsp3) is 0.222. The average molecular weight is 459 g/mol. The zero-order chi connectivity index (χ0) is 24.1. The Kier molecular flexibility index (Phi) is 6.86. The van der Waals surface area contributed by atoms with Gasteiger partial charge >= 0.3 is 6.03 Å². The van der Waals surface area contributed by atoms with Gasteiger partial charge in [-0.3, -0.25) is 19.3 Å². The Balaban J connectivity index is 1.72. The van der Waals surface area contributed by atoms with E-state index in [1.54, 1.807) is 19.1 Å². The number of carbonyl (C=O) groups is 3. The summed E-state index contributed by atoms with van der Waals surface area (Å²) in [6.07, 6.45) is 0.124. The van der Waals surface area contributed by atoms with Crippen LogP contribution in [0.15, 0.2) is 84.9 Å². The number of hydroxylamine groups is 4. The molecule has 0 N–H and O–H groups in total. The van der Waals surface area contributed by atoms with Crippen LogP contribution in [0.5, 0.6) is 0 Å². The van der Waals surface area contributed by atoms with Crippen LogP contribution in [-0.2, 0) is 37.9 Å². The molecule has 3 aromatic carbocycles. The highest BCUT2D eigenvalue weighted by atomic mass is 16.7. The normalized spacial score (nSPS) is 15.6. The molecule has 7 nitrogen and oxygen atoms in total. The van der Waals surface area contributed by atoms with Gasteiger partial charge in [-0.2, -0.15) is 0 Å². The molecule has 174 valence electrons. The molecule has 1 aliphatic rings. The van der Waals surface area contributed by atoms with Gasteiger partial charge in [0.05, 0.1) is 0 Å². The highest BCUT2D eigenvalue weighted by Gasteiger charge is 2.59. The van der Waals surface area contributed by atoms with E-state index in [-0.39, 0.29) is 19.6 Å². The fourth-order valence-electron chi connectivity index (χ4n) is 4.12. The number of hydrogen-bond donors (Lipinski definition) is 0. The van der Waals surface area contributed by atoms with Gasteiger partial charge in [-0.25, -0.2) is 4.79 Å². The Hall–Kier alpha value is -3.81. The molecule has 1 saturated heterocycles. The molecule has 1 aliphatic heterocycles. The standard InChI is InChI=1S/C27H26N2O5/c1-3-27(23-17-11-10-12-20(23)2)24(30)28(33-18-21-13-6-4-7-14-21)26(32)29(25(27)31)34-19-22-15-8-5-9-16-22/h4-17H,3,18-19H2,1-2H3. The van der Waals surface area contributed by atoms with Gasteiger partial charge in [0.1, 0.15) is 13.2 Å². The van der Waals surface area contributed by atoms with Crippen LogP contribution in [0.25, 0.3) is 0 Å². The van der Waals surface area contributed by atoms with E-state index in [9.17, 15) is 14.4 Å². The highest BCUT2D eigenvalue weighted by Crippen LogP contribution is 2.39. The van der Waals surface area contributed by atoms with Crippen molar-refractivity contribution in [2.75, 3.05) is 0 Å². The number of urea groups is 1. The lowest BCUT2D eigenvalue weighted by molar-refractivity contribution is -0.223. The second kappa shape index (κ2) is 9.99. The van der Waals surface area contributed by atoms with Crippen LogP contribution in [-0.4, -0.2) is 28.0 Å². The van der Waals surface area contributed by atoms with Gasteiger partial charge in [-0.1, -0.05) is 91.9 Å². The minimum atomic E-state index is -1.66. The number of aryl methyl sites for hydroxylation is 1. The molecular formula is C27H26N2O5. The van der Waals surface area contributed by atoms with Crippen molar-refractivity contribution in [2.24, 2.45) is 0 Å². The van der Waals surface area contributed by atoms with Crippen molar-refractivity contribution in [1.82, 2.24) is 10.1 Å². The van der Waals surface area contributed by atoms with E-state index in [0.717, 1.165) is 16.7 Å². The maximum Gasteiger partial charge on any atom is 0.382 e. The molecule has 34 heavy (non-hydrogen) atoms. The van der Waals surface area contributed by atoms with E-state index in [2.05, 4.69) is 0 Å². The number of carbonyl (C=O) groups excluding carboxylic acids is 3. The highest BCUT2D eigenvalue weighted by molar-refractivity contribution is 6.21. The summed E-state index contributed by atoms with van der Waals surface area (Å²) in [6, 6.07) is 24.5. The maximum atomic E-state index is 13.8. The average Bonchev–Trinajstić information content (AvgIpc) is 2.87. The first-order chi connectivity index (χ1) is 16.5. The van der Waals surface area contributed by atoms with Crippen LogP contribution >= 0.6 is 0 Å². The van der Waals surface area contributed by atoms with Crippen molar-refractivity contribution in [3.05, 3.63) is 107 Å². The number of hydrogen-bond acceptors (Lipinski definition) is 5. The molecule has 0 saturated carbocycles. The summed E-state index contributed by atoms with van der Waals surface area (Å²) in [5.41, 5.74) is 1.16. The van der Waals surface area contributed by atoms with E-state index >= 15 is 0 Å². The summed E-state index contributed by atoms with van der Waals surface area (Å²) in [6.45, 7) is 3.52. The summed E-state index contributed by atoms with van der Waals surface area (Å²) in [5.74, 6) is -1.45. The van der Waals surface area contributed by atoms with Crippen LogP contribution in [0.4, 0.5) is 4.79 Å². The predicted molar refractivity (Wildman–Crippen MR) is 125 cm³/mol. The molecule has 0 atom stereocenters. The third kappa shape index (κ3) is 4.23. The Bertz CT molecular complexity index is 1110. The summed E-state index contributed by atoms with van der Waals surface area (Å²) in [7, 11) is 0. The molecule has 1 fully saturated rings. The minimum Gasteiger partial charge on any atom is -0.270 e. The van der Waals surface area contributed by atoms with Gasteiger partial charge in [0.2, 0.25) is 0 Å². The molecular weight excluding hydrogens is 432 g/mol. The first-order valence-electron chi connectivity index (χ1n) is 11.1. The number of benzene rings is 3. The summed E-state index contributed by atoms with van der Waals surface area (Å²) in [4.78, 5) is 52.2. The summed E-state index contributed by atoms with van der Waals surface area (Å²) < 4.78 is 0. The molecule has 4 amide bonds. The van der Waals surface area contributed by atoms with Crippen LogP contribution in [0.2, 0.25) is 0 Å². The number of barbiturate groups is 1. The Morgan fingerprint density at radius 3 is 1.56 bits per heavy atom. The van der Waals surface area contributed by atoms with Crippen molar-refractivity contribution >= 4 is 17.8 Å². The van der Waals surface area contributed by atoms with E-state index in [1.165, 1.54) is 0 Å². The second-order valence-corrected chi connectivity index (χ2v) is 8.07. The van der Waals surface area contributed by atoms with Crippen LogP contribution in [0.1, 0.15) is 35.6 Å². The van der Waals surface area contributed by atoms with Crippen molar-refractivity contribution in [2.45, 2.75) is 38.9 Å². The lowest BCUT2D eigenvalue weighted by Gasteiger charge is -2.42. The Morgan fingerprint density at radius 2 is 1.12 bits per heavy atom. The van der Waals surface area contributed by atoms with Gasteiger partial charge in [0, 0.05) is 0 Å². The van der Waals surface area contributed by atoms with E-state index in [0.29, 0.717) is 15.7 Å². The molecule has 0 spiro atoms. The van der Waals surface area contributed by atoms with E-state index in [1.807, 2.05) is 79.7 Å². The van der Waals surface area contributed by atoms with Gasteiger partial charge in [0.15, 0.2) is 5.41 Å². The predicted octanol–water partition coefficient (Wildman–Crippen LogP) is 4.70. The van der Waals surface area contributed by atoms with Crippen LogP contribution < -0.4 is 0 Å². The lowest BCUT2D eigenvalue weighted by Crippen LogP contribution is -2.66. The molecule has 1 heterocycles. The molecule has 4 rings (SSSR count). The number of amides is 4.